The van der Waals surface area contributed by atoms with Gasteiger partial charge in [0.05, 0.1) is 5.69 Å². The average molecular weight is 451 g/mol. The molecular weight excluding hydrogens is 424 g/mol. The van der Waals surface area contributed by atoms with Crippen molar-refractivity contribution in [3.8, 4) is 0 Å². The Kier molecular flexibility index (Phi) is 5.70. The van der Waals surface area contributed by atoms with Gasteiger partial charge in [0.1, 0.15) is 15.8 Å². The van der Waals surface area contributed by atoms with Crippen molar-refractivity contribution in [1.82, 2.24) is 9.88 Å². The first-order chi connectivity index (χ1) is 15.6. The van der Waals surface area contributed by atoms with Crippen LogP contribution in [0.2, 0.25) is 0 Å². The minimum Gasteiger partial charge on any atom is -0.458 e. The molecule has 0 bridgehead atoms. The zero-order chi connectivity index (χ0) is 22.1. The number of nitrogens with one attached hydrogen (secondary N) is 1. The molecule has 166 valence electrons. The molecule has 3 aromatic rings. The Hall–Kier alpha value is -3.13. The number of benzene rings is 1. The molecule has 1 saturated heterocycles. The van der Waals surface area contributed by atoms with Gasteiger partial charge in [-0.25, -0.2) is 14.6 Å². The van der Waals surface area contributed by atoms with Crippen LogP contribution in [0.25, 0.3) is 10.2 Å². The van der Waals surface area contributed by atoms with Gasteiger partial charge in [-0.1, -0.05) is 18.2 Å². The molecule has 1 fully saturated rings. The molecule has 0 saturated carbocycles. The molecule has 7 nitrogen and oxygen atoms in total. The number of thiophene rings is 1. The number of fused-ring (bicyclic) bond motifs is 2. The number of urea groups is 1. The number of ether oxygens (including phenoxy) is 1. The highest BCUT2D eigenvalue weighted by Gasteiger charge is 2.28. The van der Waals surface area contributed by atoms with Crippen LogP contribution in [-0.4, -0.2) is 41.1 Å². The largest absolute Gasteiger partial charge is 0.458 e. The number of carbonyl (C=O) groups excluding carboxylic acids is 2. The molecule has 8 heteroatoms. The molecule has 0 spiro atoms. The number of nitrogen functional groups attached to an aromatic ring is 1. The third-order valence-electron chi connectivity index (χ3n) is 6.21. The Balaban J connectivity index is 1.21. The Morgan fingerprint density at radius 3 is 2.66 bits per heavy atom. The lowest BCUT2D eigenvalue weighted by molar-refractivity contribution is 0.0164. The number of para-hydroxylation sites is 1. The number of anilines is 2. The van der Waals surface area contributed by atoms with Gasteiger partial charge in [-0.3, -0.25) is 0 Å². The van der Waals surface area contributed by atoms with E-state index in [9.17, 15) is 9.59 Å². The highest BCUT2D eigenvalue weighted by molar-refractivity contribution is 7.21. The third-order valence-corrected chi connectivity index (χ3v) is 7.31. The number of nitrogens with zero attached hydrogens (tertiary/aromatic N) is 2. The van der Waals surface area contributed by atoms with Gasteiger partial charge in [-0.15, -0.1) is 11.3 Å². The Bertz CT molecular complexity index is 1150. The fourth-order valence-corrected chi connectivity index (χ4v) is 5.40. The van der Waals surface area contributed by atoms with Gasteiger partial charge < -0.3 is 20.7 Å². The minimum atomic E-state index is -0.393. The van der Waals surface area contributed by atoms with Crippen molar-refractivity contribution in [3.05, 3.63) is 52.5 Å². The van der Waals surface area contributed by atoms with Crippen molar-refractivity contribution >= 4 is 44.9 Å². The van der Waals surface area contributed by atoms with E-state index in [-0.39, 0.29) is 12.1 Å². The highest BCUT2D eigenvalue weighted by atomic mass is 32.1. The number of hydrogen-bond donors (Lipinski definition) is 2. The van der Waals surface area contributed by atoms with Gasteiger partial charge in [0.15, 0.2) is 0 Å². The molecule has 0 radical (unpaired) electrons. The molecular formula is C24H26N4O3S. The number of likely N-dealkylation sites (tertiary alicyclic amines) is 1. The van der Waals surface area contributed by atoms with Gasteiger partial charge in [-0.2, -0.15) is 0 Å². The van der Waals surface area contributed by atoms with Crippen LogP contribution >= 0.6 is 11.3 Å². The van der Waals surface area contributed by atoms with Crippen LogP contribution in [0.15, 0.2) is 36.4 Å². The van der Waals surface area contributed by atoms with E-state index in [2.05, 4.69) is 11.4 Å². The number of carbonyl (C=O) groups is 2. The summed E-state index contributed by atoms with van der Waals surface area (Å²) >= 11 is 1.31. The highest BCUT2D eigenvalue weighted by Crippen LogP contribution is 2.36. The normalized spacial score (nSPS) is 16.6. The van der Waals surface area contributed by atoms with Gasteiger partial charge in [0, 0.05) is 42.7 Å². The zero-order valence-electron chi connectivity index (χ0n) is 17.8. The second-order valence-corrected chi connectivity index (χ2v) is 9.39. The first-order valence-corrected chi connectivity index (χ1v) is 11.9. The molecule has 32 heavy (non-hydrogen) atoms. The summed E-state index contributed by atoms with van der Waals surface area (Å²) in [5, 5.41) is 3.75. The Morgan fingerprint density at radius 2 is 1.88 bits per heavy atom. The maximum absolute atomic E-state index is 12.9. The van der Waals surface area contributed by atoms with E-state index >= 15 is 0 Å². The van der Waals surface area contributed by atoms with Crippen LogP contribution in [0.3, 0.4) is 0 Å². The molecule has 2 amide bonds. The monoisotopic (exact) mass is 450 g/mol. The second kappa shape index (κ2) is 8.78. The van der Waals surface area contributed by atoms with Crippen molar-refractivity contribution in [1.29, 1.82) is 0 Å². The fraction of sp³-hybridized carbons (Fsp3) is 0.375. The van der Waals surface area contributed by atoms with E-state index in [4.69, 9.17) is 15.5 Å². The minimum absolute atomic E-state index is 0.134. The number of pyridine rings is 1. The van der Waals surface area contributed by atoms with Crippen LogP contribution in [0, 0.1) is 0 Å². The SMILES string of the molecule is Nc1c(C(=O)OC2CCN(C(=O)Nc3ccccc3)CC2)sc2nc3c(cc12)CCCC3. The third kappa shape index (κ3) is 4.14. The molecule has 2 aromatic heterocycles. The summed E-state index contributed by atoms with van der Waals surface area (Å²) in [6.07, 6.45) is 5.30. The molecule has 1 aromatic carbocycles. The van der Waals surface area contributed by atoms with E-state index in [1.807, 2.05) is 30.3 Å². The number of piperidine rings is 1. The van der Waals surface area contributed by atoms with Gasteiger partial charge in [0.2, 0.25) is 0 Å². The second-order valence-electron chi connectivity index (χ2n) is 8.39. The molecule has 0 unspecified atom stereocenters. The molecule has 0 atom stereocenters. The van der Waals surface area contributed by atoms with E-state index in [0.29, 0.717) is 36.5 Å². The number of esters is 1. The lowest BCUT2D eigenvalue weighted by atomic mass is 9.95. The van der Waals surface area contributed by atoms with Crippen LogP contribution < -0.4 is 11.1 Å². The summed E-state index contributed by atoms with van der Waals surface area (Å²) in [4.78, 5) is 33.1. The number of aromatic nitrogens is 1. The summed E-state index contributed by atoms with van der Waals surface area (Å²) in [6, 6.07) is 11.3. The topological polar surface area (TPSA) is 97.6 Å². The first-order valence-electron chi connectivity index (χ1n) is 11.1. The quantitative estimate of drug-likeness (QED) is 0.568. The molecule has 5 rings (SSSR count). The number of aryl methyl sites for hydroxylation is 2. The maximum atomic E-state index is 12.9. The fourth-order valence-electron chi connectivity index (χ4n) is 4.42. The molecule has 3 N–H and O–H groups in total. The average Bonchev–Trinajstić information content (AvgIpc) is 3.14. The lowest BCUT2D eigenvalue weighted by Gasteiger charge is -2.31. The van der Waals surface area contributed by atoms with E-state index in [1.165, 1.54) is 23.3 Å². The number of nitrogens with two attached hydrogens (primary N) is 1. The predicted octanol–water partition coefficient (Wildman–Crippen LogP) is 4.61. The first kappa shape index (κ1) is 20.8. The number of amides is 2. The summed E-state index contributed by atoms with van der Waals surface area (Å²) < 4.78 is 5.76. The van der Waals surface area contributed by atoms with Crippen molar-refractivity contribution < 1.29 is 14.3 Å². The summed E-state index contributed by atoms with van der Waals surface area (Å²) in [7, 11) is 0. The smallest absolute Gasteiger partial charge is 0.350 e. The number of hydrogen-bond acceptors (Lipinski definition) is 6. The van der Waals surface area contributed by atoms with Crippen LogP contribution in [0.4, 0.5) is 16.2 Å². The standard InChI is InChI=1S/C24H26N4O3S/c25-20-18-14-15-6-4-5-9-19(15)27-22(18)32-21(20)23(29)31-17-10-12-28(13-11-17)24(30)26-16-7-2-1-3-8-16/h1-3,7-8,14,17H,4-6,9-13,25H2,(H,26,30). The zero-order valence-corrected chi connectivity index (χ0v) is 18.6. The van der Waals surface area contributed by atoms with Crippen LogP contribution in [0.1, 0.15) is 46.6 Å². The van der Waals surface area contributed by atoms with E-state index in [1.54, 1.807) is 4.90 Å². The van der Waals surface area contributed by atoms with Crippen LogP contribution in [0.5, 0.6) is 0 Å². The van der Waals surface area contributed by atoms with Gasteiger partial charge in [-0.05, 0) is 49.4 Å². The van der Waals surface area contributed by atoms with Gasteiger partial charge >= 0.3 is 12.0 Å². The van der Waals surface area contributed by atoms with Crippen molar-refractivity contribution in [3.63, 3.8) is 0 Å². The maximum Gasteiger partial charge on any atom is 0.350 e. The lowest BCUT2D eigenvalue weighted by Crippen LogP contribution is -2.43. The van der Waals surface area contributed by atoms with Crippen molar-refractivity contribution in [2.24, 2.45) is 0 Å². The molecule has 1 aliphatic heterocycles. The Morgan fingerprint density at radius 1 is 1.12 bits per heavy atom. The molecule has 2 aliphatic rings. The van der Waals surface area contributed by atoms with E-state index < -0.39 is 5.97 Å². The summed E-state index contributed by atoms with van der Waals surface area (Å²) in [5.41, 5.74) is 9.93. The van der Waals surface area contributed by atoms with Gasteiger partial charge in [0.25, 0.3) is 0 Å². The predicted molar refractivity (Wildman–Crippen MR) is 126 cm³/mol. The molecule has 1 aliphatic carbocycles. The Labute approximate surface area is 190 Å². The summed E-state index contributed by atoms with van der Waals surface area (Å²) in [6.45, 7) is 1.07. The van der Waals surface area contributed by atoms with Crippen molar-refractivity contribution in [2.75, 3.05) is 24.1 Å². The van der Waals surface area contributed by atoms with Crippen LogP contribution in [-0.2, 0) is 17.6 Å². The van der Waals surface area contributed by atoms with Crippen molar-refractivity contribution in [2.45, 2.75) is 44.6 Å². The summed E-state index contributed by atoms with van der Waals surface area (Å²) in [5.74, 6) is -0.393. The number of rotatable bonds is 3. The van der Waals surface area contributed by atoms with E-state index in [0.717, 1.165) is 40.9 Å². The molecule has 3 heterocycles.